The van der Waals surface area contributed by atoms with E-state index in [1.807, 2.05) is 24.0 Å². The fourth-order valence-corrected chi connectivity index (χ4v) is 7.45. The van der Waals surface area contributed by atoms with Crippen molar-refractivity contribution in [1.82, 2.24) is 38.9 Å². The van der Waals surface area contributed by atoms with E-state index in [9.17, 15) is 32.7 Å². The molecule has 7 rings (SSSR count). The Morgan fingerprint density at radius 2 is 1.72 bits per heavy atom. The summed E-state index contributed by atoms with van der Waals surface area (Å²) < 4.78 is 48.7. The van der Waals surface area contributed by atoms with Crippen molar-refractivity contribution in [3.8, 4) is 22.9 Å². The first-order valence-electron chi connectivity index (χ1n) is 18.9. The molecule has 2 N–H and O–H groups in total. The van der Waals surface area contributed by atoms with E-state index in [0.29, 0.717) is 29.5 Å². The van der Waals surface area contributed by atoms with Crippen LogP contribution in [0.1, 0.15) is 47.2 Å². The van der Waals surface area contributed by atoms with Gasteiger partial charge >= 0.3 is 6.18 Å². The highest BCUT2D eigenvalue weighted by molar-refractivity contribution is 6.33. The van der Waals surface area contributed by atoms with Gasteiger partial charge in [0, 0.05) is 31.7 Å². The van der Waals surface area contributed by atoms with Crippen molar-refractivity contribution >= 4 is 40.6 Å². The molecule has 3 aromatic heterocycles. The highest BCUT2D eigenvalue weighted by Crippen LogP contribution is 2.34. The molecule has 0 aliphatic carbocycles. The number of anilines is 2. The second kappa shape index (κ2) is 16.6. The van der Waals surface area contributed by atoms with Gasteiger partial charge in [-0.1, -0.05) is 18.5 Å². The number of nitrogens with one attached hydrogen (secondary N) is 1. The number of fused-ring (bicyclic) bond motifs is 1. The summed E-state index contributed by atoms with van der Waals surface area (Å²) in [5.41, 5.74) is -0.0427. The van der Waals surface area contributed by atoms with E-state index in [1.165, 1.54) is 11.2 Å². The fraction of sp³-hybridized carbons (Fsp3) is 0.410. The van der Waals surface area contributed by atoms with Crippen molar-refractivity contribution in [1.29, 1.82) is 0 Å². The van der Waals surface area contributed by atoms with Gasteiger partial charge < -0.3 is 34.4 Å². The van der Waals surface area contributed by atoms with Crippen LogP contribution in [-0.4, -0.2) is 109 Å². The maximum Gasteiger partial charge on any atom is 0.416 e. The first-order chi connectivity index (χ1) is 27.7. The van der Waals surface area contributed by atoms with Gasteiger partial charge in [-0.05, 0) is 94.7 Å². The highest BCUT2D eigenvalue weighted by atomic mass is 35.5. The summed E-state index contributed by atoms with van der Waals surface area (Å²) in [7, 11) is 2.11. The average Bonchev–Trinajstić information content (AvgIpc) is 3.66. The van der Waals surface area contributed by atoms with Gasteiger partial charge in [-0.25, -0.2) is 9.97 Å². The summed E-state index contributed by atoms with van der Waals surface area (Å²) in [4.78, 5) is 59.7. The van der Waals surface area contributed by atoms with E-state index in [-0.39, 0.29) is 77.7 Å². The van der Waals surface area contributed by atoms with Crippen molar-refractivity contribution in [3.63, 3.8) is 0 Å². The molecule has 2 amide bonds. The van der Waals surface area contributed by atoms with Gasteiger partial charge in [-0.2, -0.15) is 22.7 Å². The number of ether oxygens (including phenoxy) is 1. The third-order valence-electron chi connectivity index (χ3n) is 10.6. The number of aromatic nitrogens is 6. The van der Waals surface area contributed by atoms with Crippen LogP contribution in [0.25, 0.3) is 17.2 Å². The number of carbonyl (C=O) groups excluding carboxylic acids is 2. The van der Waals surface area contributed by atoms with Crippen molar-refractivity contribution < 1.29 is 32.6 Å². The van der Waals surface area contributed by atoms with E-state index < -0.39 is 35.7 Å². The van der Waals surface area contributed by atoms with Crippen LogP contribution in [0.15, 0.2) is 53.6 Å². The Labute approximate surface area is 336 Å². The molecule has 2 aliphatic heterocycles. The number of rotatable bonds is 10. The Hall–Kier alpha value is -5.75. The zero-order chi connectivity index (χ0) is 41.3. The van der Waals surface area contributed by atoms with E-state index in [0.717, 1.165) is 48.6 Å². The van der Waals surface area contributed by atoms with E-state index in [2.05, 4.69) is 32.3 Å². The smallest absolute Gasteiger partial charge is 0.416 e. The molecule has 2 saturated heterocycles. The normalized spacial score (nSPS) is 15.6. The lowest BCUT2D eigenvalue weighted by Crippen LogP contribution is -2.51. The number of likely N-dealkylation sites (tertiary alicyclic amines) is 1. The number of hydrogen-bond donors (Lipinski definition) is 2. The van der Waals surface area contributed by atoms with Gasteiger partial charge in [0.05, 0.1) is 34.3 Å². The average molecular weight is 823 g/mol. The SMILES string of the molecule is CCc1c(N2CCN(C(=O)c3ncnc(C)c3O)CC2)c(=O)n2nc(-c3ccc(OCC4CCN(C)CC4)cc3)nc2n1CC(=O)Nc1ccc(C(F)(F)F)cc1Cl. The molecule has 5 heterocycles. The molecule has 0 saturated carbocycles. The molecular weight excluding hydrogens is 781 g/mol. The van der Waals surface area contributed by atoms with Crippen molar-refractivity contribution in [3.05, 3.63) is 86.8 Å². The van der Waals surface area contributed by atoms with Crippen LogP contribution >= 0.6 is 11.6 Å². The van der Waals surface area contributed by atoms with Gasteiger partial charge in [0.1, 0.15) is 24.3 Å². The Morgan fingerprint density at radius 3 is 2.38 bits per heavy atom. The highest BCUT2D eigenvalue weighted by Gasteiger charge is 2.32. The number of aromatic hydroxyl groups is 1. The topological polar surface area (TPSA) is 163 Å². The zero-order valence-electron chi connectivity index (χ0n) is 32.1. The van der Waals surface area contributed by atoms with Gasteiger partial charge in [0.25, 0.3) is 11.5 Å². The predicted octanol–water partition coefficient (Wildman–Crippen LogP) is 4.92. The summed E-state index contributed by atoms with van der Waals surface area (Å²) in [5, 5.41) is 17.3. The quantitative estimate of drug-likeness (QED) is 0.197. The molecule has 306 valence electrons. The first-order valence-corrected chi connectivity index (χ1v) is 19.2. The van der Waals surface area contributed by atoms with E-state index in [4.69, 9.17) is 21.3 Å². The maximum atomic E-state index is 14.4. The Kier molecular flexibility index (Phi) is 11.6. The maximum absolute atomic E-state index is 14.4. The summed E-state index contributed by atoms with van der Waals surface area (Å²) in [6, 6.07) is 9.85. The molecule has 0 spiro atoms. The predicted molar refractivity (Wildman–Crippen MR) is 209 cm³/mol. The summed E-state index contributed by atoms with van der Waals surface area (Å²) in [5.74, 6) is 0.0135. The van der Waals surface area contributed by atoms with Crippen molar-refractivity contribution in [2.24, 2.45) is 5.92 Å². The molecule has 19 heteroatoms. The number of carbonyl (C=O) groups is 2. The van der Waals surface area contributed by atoms with Gasteiger partial charge in [0.15, 0.2) is 17.3 Å². The van der Waals surface area contributed by atoms with E-state index >= 15 is 0 Å². The first kappa shape index (κ1) is 40.4. The lowest BCUT2D eigenvalue weighted by Gasteiger charge is -2.36. The number of hydrogen-bond acceptors (Lipinski definition) is 11. The Balaban J connectivity index is 1.20. The van der Waals surface area contributed by atoms with Crippen LogP contribution in [0, 0.1) is 12.8 Å². The number of aryl methyl sites for hydroxylation is 1. The number of amides is 2. The summed E-state index contributed by atoms with van der Waals surface area (Å²) in [6.07, 6.45) is -1.02. The Morgan fingerprint density at radius 1 is 1.02 bits per heavy atom. The number of piperidine rings is 1. The number of benzene rings is 2. The molecule has 2 fully saturated rings. The molecular formula is C39H42ClF3N10O5. The number of nitrogens with zero attached hydrogens (tertiary/aromatic N) is 9. The summed E-state index contributed by atoms with van der Waals surface area (Å²) >= 11 is 6.16. The third kappa shape index (κ3) is 8.43. The summed E-state index contributed by atoms with van der Waals surface area (Å²) in [6.45, 7) is 6.46. The minimum absolute atomic E-state index is 0.0269. The van der Waals surface area contributed by atoms with Gasteiger partial charge in [-0.15, -0.1) is 5.10 Å². The van der Waals surface area contributed by atoms with Crippen molar-refractivity contribution in [2.75, 3.05) is 63.1 Å². The molecule has 0 radical (unpaired) electrons. The minimum atomic E-state index is -4.62. The minimum Gasteiger partial charge on any atom is -0.504 e. The third-order valence-corrected chi connectivity index (χ3v) is 10.9. The molecule has 5 aromatic rings. The standard InChI is InChI=1S/C39H42ClF3N10O5/c1-4-30-33(50-15-17-51(18-16-50)36(56)32-34(55)23(2)44-22-45-32)37(57)53-38(52(30)20-31(54)46-29-10-7-26(19-28(29)40)39(41,42)43)47-35(48-53)25-5-8-27(9-6-25)58-21-24-11-13-49(3)14-12-24/h5-10,19,22,24,55H,4,11-18,20-21H2,1-3H3,(H,46,54). The molecule has 0 unspecified atom stereocenters. The second-order valence-electron chi connectivity index (χ2n) is 14.4. The van der Waals surface area contributed by atoms with Crippen LogP contribution in [0.2, 0.25) is 5.02 Å². The van der Waals surface area contributed by atoms with Crippen molar-refractivity contribution in [2.45, 2.75) is 45.8 Å². The van der Waals surface area contributed by atoms with Gasteiger partial charge in [0.2, 0.25) is 11.7 Å². The molecule has 15 nitrogen and oxygen atoms in total. The number of alkyl halides is 3. The van der Waals surface area contributed by atoms with Crippen LogP contribution in [0.3, 0.4) is 0 Å². The Bertz CT molecular complexity index is 2390. The lowest BCUT2D eigenvalue weighted by molar-refractivity contribution is -0.137. The molecule has 0 atom stereocenters. The molecule has 58 heavy (non-hydrogen) atoms. The largest absolute Gasteiger partial charge is 0.504 e. The van der Waals surface area contributed by atoms with Crippen LogP contribution in [0.5, 0.6) is 11.5 Å². The van der Waals surface area contributed by atoms with Gasteiger partial charge in [-0.3, -0.25) is 14.4 Å². The zero-order valence-corrected chi connectivity index (χ0v) is 32.8. The fourth-order valence-electron chi connectivity index (χ4n) is 7.23. The van der Waals surface area contributed by atoms with Crippen LogP contribution < -0.4 is 20.5 Å². The van der Waals surface area contributed by atoms with Crippen LogP contribution in [0.4, 0.5) is 24.5 Å². The number of halogens is 4. The lowest BCUT2D eigenvalue weighted by atomic mass is 9.98. The molecule has 2 aromatic carbocycles. The molecule has 0 bridgehead atoms. The number of piperazine rings is 1. The second-order valence-corrected chi connectivity index (χ2v) is 14.9. The van der Waals surface area contributed by atoms with Crippen LogP contribution in [-0.2, 0) is 23.9 Å². The molecule has 2 aliphatic rings. The van der Waals surface area contributed by atoms with E-state index in [1.54, 1.807) is 23.6 Å². The monoisotopic (exact) mass is 822 g/mol.